The number of rotatable bonds is 7. The van der Waals surface area contributed by atoms with E-state index in [1.165, 1.54) is 9.80 Å². The number of nitrogens with one attached hydrogen (secondary N) is 1. The summed E-state index contributed by atoms with van der Waals surface area (Å²) in [5, 5.41) is 49.0. The fraction of sp³-hybridized carbons (Fsp3) is 0.459. The van der Waals surface area contributed by atoms with E-state index in [-0.39, 0.29) is 48.3 Å². The molecule has 3 aliphatic rings. The van der Waals surface area contributed by atoms with Crippen molar-refractivity contribution >= 4 is 34.9 Å². The molecule has 0 radical (unpaired) electrons. The third-order valence-electron chi connectivity index (χ3n) is 10.0. The SMILES string of the molecule is CN(C)c1cc(CN(CC(C)(C)C)C(=O)Nc2ccc(C(F)(F)F)cc2)c(O)c2c1C[C@H]1C[C@H]3[C@H](N(C)C)C(O)=C(C(N)=O)C(=O)[C@@]3(O)C(O)=C1C2=O. The van der Waals surface area contributed by atoms with Gasteiger partial charge in [-0.3, -0.25) is 19.3 Å². The lowest BCUT2D eigenvalue weighted by molar-refractivity contribution is -0.148. The highest BCUT2D eigenvalue weighted by molar-refractivity contribution is 6.25. The molecule has 0 unspecified atom stereocenters. The molecule has 5 rings (SSSR count). The Morgan fingerprint density at radius 1 is 1.02 bits per heavy atom. The number of allylic oxidation sites excluding steroid dienone is 1. The maximum Gasteiger partial charge on any atom is 0.416 e. The van der Waals surface area contributed by atoms with E-state index in [9.17, 15) is 52.8 Å². The van der Waals surface area contributed by atoms with Crippen LogP contribution in [0.5, 0.6) is 5.75 Å². The highest BCUT2D eigenvalue weighted by Gasteiger charge is 2.63. The standard InChI is InChI=1S/C37H44F3N5O8/c1-35(2,3)16-45(34(52)42-20-10-8-19(9-11-20)37(38,39)40)15-18-14-23(43(4)5)21-12-17-13-22-27(44(6)7)30(48)26(33(41)51)32(50)36(22,53)31(49)24(17)29(47)25(21)28(18)46/h8-11,14,17,22,27,46,48-49,53H,12-13,15-16H2,1-7H3,(H2,41,51)(H,42,52)/t17-,22-,27-,36-/m0/s1. The van der Waals surface area contributed by atoms with Gasteiger partial charge in [-0.05, 0) is 74.2 Å². The van der Waals surface area contributed by atoms with Crippen molar-refractivity contribution in [2.75, 3.05) is 45.0 Å². The number of Topliss-reactive ketones (excluding diaryl/α,β-unsaturated/α-hetero) is 2. The summed E-state index contributed by atoms with van der Waals surface area (Å²) in [4.78, 5) is 58.6. The van der Waals surface area contributed by atoms with Gasteiger partial charge in [0, 0.05) is 49.1 Å². The van der Waals surface area contributed by atoms with Crippen LogP contribution in [0, 0.1) is 17.3 Å². The first kappa shape index (κ1) is 39.1. The largest absolute Gasteiger partial charge is 0.510 e. The molecule has 3 aliphatic carbocycles. The van der Waals surface area contributed by atoms with Crippen LogP contribution in [0.3, 0.4) is 0 Å². The highest BCUT2D eigenvalue weighted by Crippen LogP contribution is 2.53. The minimum absolute atomic E-state index is 0.0655. The average molecular weight is 744 g/mol. The van der Waals surface area contributed by atoms with E-state index in [4.69, 9.17) is 5.73 Å². The second-order valence-electron chi connectivity index (χ2n) is 15.5. The summed E-state index contributed by atoms with van der Waals surface area (Å²) < 4.78 is 39.4. The molecule has 0 spiro atoms. The minimum atomic E-state index is -4.57. The first-order valence-corrected chi connectivity index (χ1v) is 16.8. The molecule has 0 saturated carbocycles. The van der Waals surface area contributed by atoms with Gasteiger partial charge in [-0.15, -0.1) is 0 Å². The zero-order valence-electron chi connectivity index (χ0n) is 30.4. The van der Waals surface area contributed by atoms with Crippen molar-refractivity contribution in [3.63, 3.8) is 0 Å². The Morgan fingerprint density at radius 3 is 2.13 bits per heavy atom. The van der Waals surface area contributed by atoms with Crippen LogP contribution in [0.25, 0.3) is 0 Å². The van der Waals surface area contributed by atoms with E-state index in [2.05, 4.69) is 5.32 Å². The summed E-state index contributed by atoms with van der Waals surface area (Å²) in [5.74, 6) is -7.70. The Balaban J connectivity index is 1.59. The van der Waals surface area contributed by atoms with Crippen LogP contribution in [-0.4, -0.2) is 100 Å². The lowest BCUT2D eigenvalue weighted by atomic mass is 9.58. The number of ketones is 2. The van der Waals surface area contributed by atoms with Gasteiger partial charge in [0.2, 0.25) is 5.78 Å². The third-order valence-corrected chi connectivity index (χ3v) is 10.0. The summed E-state index contributed by atoms with van der Waals surface area (Å²) in [6.45, 7) is 5.42. The summed E-state index contributed by atoms with van der Waals surface area (Å²) in [7, 11) is 6.51. The lowest BCUT2D eigenvalue weighted by Gasteiger charge is -2.50. The number of anilines is 2. The number of likely N-dealkylation sites (N-methyl/N-ethyl adjacent to an activating group) is 1. The van der Waals surface area contributed by atoms with Gasteiger partial charge in [0.1, 0.15) is 22.8 Å². The maximum atomic E-state index is 14.5. The monoisotopic (exact) mass is 743 g/mol. The third kappa shape index (κ3) is 6.81. The number of fused-ring (bicyclic) bond motifs is 3. The smallest absolute Gasteiger partial charge is 0.416 e. The molecule has 0 bridgehead atoms. The summed E-state index contributed by atoms with van der Waals surface area (Å²) in [6, 6.07) is 3.72. The average Bonchev–Trinajstić information content (AvgIpc) is 3.02. The molecule has 16 heteroatoms. The van der Waals surface area contributed by atoms with Crippen molar-refractivity contribution in [1.82, 2.24) is 9.80 Å². The Kier molecular flexibility index (Phi) is 9.89. The number of amides is 3. The molecular formula is C37H44F3N5O8. The zero-order valence-corrected chi connectivity index (χ0v) is 30.4. The van der Waals surface area contributed by atoms with E-state index >= 15 is 0 Å². The van der Waals surface area contributed by atoms with Crippen LogP contribution in [0.2, 0.25) is 0 Å². The number of phenols is 1. The van der Waals surface area contributed by atoms with E-state index in [0.717, 1.165) is 24.3 Å². The Bertz CT molecular complexity index is 1950. The van der Waals surface area contributed by atoms with Gasteiger partial charge in [-0.2, -0.15) is 13.2 Å². The second-order valence-corrected chi connectivity index (χ2v) is 15.5. The molecule has 4 atom stereocenters. The van der Waals surface area contributed by atoms with Gasteiger partial charge in [-0.1, -0.05) is 20.8 Å². The molecular weight excluding hydrogens is 699 g/mol. The number of hydrogen-bond donors (Lipinski definition) is 6. The number of primary amides is 1. The van der Waals surface area contributed by atoms with Crippen molar-refractivity contribution in [3.05, 3.63) is 75.3 Å². The van der Waals surface area contributed by atoms with Crippen molar-refractivity contribution in [2.24, 2.45) is 23.0 Å². The van der Waals surface area contributed by atoms with Gasteiger partial charge in [0.15, 0.2) is 11.4 Å². The quantitative estimate of drug-likeness (QED) is 0.223. The van der Waals surface area contributed by atoms with Gasteiger partial charge in [0.25, 0.3) is 5.91 Å². The highest BCUT2D eigenvalue weighted by atomic mass is 19.4. The van der Waals surface area contributed by atoms with Gasteiger partial charge >= 0.3 is 12.2 Å². The van der Waals surface area contributed by atoms with Gasteiger partial charge in [-0.25, -0.2) is 4.79 Å². The number of nitrogens with zero attached hydrogens (tertiary/aromatic N) is 3. The molecule has 2 aromatic rings. The van der Waals surface area contributed by atoms with Crippen LogP contribution >= 0.6 is 0 Å². The number of aliphatic hydroxyl groups excluding tert-OH is 2. The molecule has 13 nitrogen and oxygen atoms in total. The van der Waals surface area contributed by atoms with Crippen LogP contribution in [0.15, 0.2) is 53.0 Å². The van der Waals surface area contributed by atoms with Crippen LogP contribution in [-0.2, 0) is 28.7 Å². The van der Waals surface area contributed by atoms with Gasteiger partial charge < -0.3 is 41.3 Å². The molecule has 0 aliphatic heterocycles. The number of urea groups is 1. The number of nitrogens with two attached hydrogens (primary N) is 1. The Hall–Kier alpha value is -5.09. The topological polar surface area (TPSA) is 197 Å². The number of carbonyl (C=O) groups excluding carboxylic acids is 4. The molecule has 3 amide bonds. The molecule has 0 aromatic heterocycles. The molecule has 0 fully saturated rings. The number of phenolic OH excluding ortho intramolecular Hbond substituents is 1. The number of aliphatic hydroxyl groups is 3. The fourth-order valence-corrected chi connectivity index (χ4v) is 7.80. The summed E-state index contributed by atoms with van der Waals surface area (Å²) >= 11 is 0. The number of alkyl halides is 3. The van der Waals surface area contributed by atoms with E-state index in [0.29, 0.717) is 11.3 Å². The Labute approximate surface area is 304 Å². The predicted molar refractivity (Wildman–Crippen MR) is 188 cm³/mol. The van der Waals surface area contributed by atoms with Crippen molar-refractivity contribution in [2.45, 2.75) is 58.0 Å². The van der Waals surface area contributed by atoms with Crippen molar-refractivity contribution < 1.29 is 52.8 Å². The minimum Gasteiger partial charge on any atom is -0.510 e. The van der Waals surface area contributed by atoms with E-state index in [1.54, 1.807) is 39.2 Å². The van der Waals surface area contributed by atoms with Crippen LogP contribution in [0.4, 0.5) is 29.3 Å². The normalized spacial score (nSPS) is 23.1. The Morgan fingerprint density at radius 2 is 1.62 bits per heavy atom. The van der Waals surface area contributed by atoms with Crippen molar-refractivity contribution in [3.8, 4) is 5.75 Å². The number of carbonyl (C=O) groups is 4. The van der Waals surface area contributed by atoms with E-state index in [1.807, 2.05) is 20.8 Å². The van der Waals surface area contributed by atoms with E-state index < -0.39 is 87.0 Å². The number of halogens is 3. The first-order chi connectivity index (χ1) is 24.4. The second kappa shape index (κ2) is 13.4. The summed E-state index contributed by atoms with van der Waals surface area (Å²) in [6.07, 6.45) is -4.58. The molecule has 0 saturated heterocycles. The first-order valence-electron chi connectivity index (χ1n) is 16.8. The van der Waals surface area contributed by atoms with Gasteiger partial charge in [0.05, 0.1) is 23.7 Å². The van der Waals surface area contributed by atoms with Crippen molar-refractivity contribution in [1.29, 1.82) is 0 Å². The number of hydrogen-bond acceptors (Lipinski definition) is 10. The van der Waals surface area contributed by atoms with Crippen LogP contribution in [0.1, 0.15) is 54.2 Å². The molecule has 286 valence electrons. The maximum absolute atomic E-state index is 14.5. The molecule has 7 N–H and O–H groups in total. The zero-order chi connectivity index (χ0) is 39.7. The predicted octanol–water partition coefficient (Wildman–Crippen LogP) is 4.29. The number of benzene rings is 2. The fourth-order valence-electron chi connectivity index (χ4n) is 7.80. The molecule has 53 heavy (non-hydrogen) atoms. The molecule has 2 aromatic carbocycles. The lowest BCUT2D eigenvalue weighted by Crippen LogP contribution is -2.63. The summed E-state index contributed by atoms with van der Waals surface area (Å²) in [5.41, 5.74) is 0.914. The number of aromatic hydroxyl groups is 1. The molecule has 0 heterocycles. The van der Waals surface area contributed by atoms with Crippen LogP contribution < -0.4 is 16.0 Å².